The highest BCUT2D eigenvalue weighted by Gasteiger charge is 2.16. The maximum Gasteiger partial charge on any atom is 0.329 e. The molecule has 0 aliphatic carbocycles. The van der Waals surface area contributed by atoms with Crippen molar-refractivity contribution < 1.29 is 38.1 Å². The molecule has 214 valence electrons. The minimum Gasteiger partial charge on any atom is -0.494 e. The summed E-state index contributed by atoms with van der Waals surface area (Å²) >= 11 is 3.40. The van der Waals surface area contributed by atoms with E-state index in [0.717, 1.165) is 5.56 Å². The summed E-state index contributed by atoms with van der Waals surface area (Å²) < 4.78 is 27.5. The van der Waals surface area contributed by atoms with E-state index in [9.17, 15) is 14.4 Å². The summed E-state index contributed by atoms with van der Waals surface area (Å²) in [6, 6.07) is 15.4. The molecule has 3 aromatic rings. The Labute approximate surface area is 244 Å². The van der Waals surface area contributed by atoms with Gasteiger partial charge in [0.2, 0.25) is 6.79 Å². The van der Waals surface area contributed by atoms with Crippen molar-refractivity contribution in [3.05, 3.63) is 70.2 Å². The van der Waals surface area contributed by atoms with Crippen LogP contribution in [0, 0.1) is 0 Å². The molecule has 3 amide bonds. The smallest absolute Gasteiger partial charge is 0.329 e. The predicted molar refractivity (Wildman–Crippen MR) is 153 cm³/mol. The standard InChI is InChI=1S/C28H27BrN4O8/c1-3-38-20-7-5-19(6-8-20)32-25(34)15-39-26-21(29)10-18(12-24(26)37-2)14-31-33-28(36)27(35)30-13-17-4-9-22-23(11-17)41-16-40-22/h4-12,14H,3,13,15-16H2,1-2H3,(H,30,35)(H,32,34)(H,33,36)/b31-14-. The van der Waals surface area contributed by atoms with Crippen LogP contribution in [0.15, 0.2) is 64.2 Å². The van der Waals surface area contributed by atoms with Gasteiger partial charge in [-0.05, 0) is 82.5 Å². The van der Waals surface area contributed by atoms with E-state index in [1.807, 2.05) is 6.92 Å². The lowest BCUT2D eigenvalue weighted by Crippen LogP contribution is -2.37. The number of benzene rings is 3. The maximum atomic E-state index is 12.4. The Kier molecular flexibility index (Phi) is 9.99. The Balaban J connectivity index is 1.27. The van der Waals surface area contributed by atoms with Gasteiger partial charge in [0.25, 0.3) is 5.91 Å². The number of fused-ring (bicyclic) bond motifs is 1. The minimum absolute atomic E-state index is 0.121. The number of halogens is 1. The zero-order chi connectivity index (χ0) is 29.2. The van der Waals surface area contributed by atoms with Crippen LogP contribution in [0.25, 0.3) is 0 Å². The highest BCUT2D eigenvalue weighted by molar-refractivity contribution is 9.10. The Morgan fingerprint density at radius 2 is 1.78 bits per heavy atom. The molecule has 0 unspecified atom stereocenters. The molecule has 1 aliphatic heterocycles. The summed E-state index contributed by atoms with van der Waals surface area (Å²) in [5, 5.41) is 9.10. The lowest BCUT2D eigenvalue weighted by molar-refractivity contribution is -0.139. The molecule has 1 heterocycles. The molecule has 0 radical (unpaired) electrons. The van der Waals surface area contributed by atoms with Gasteiger partial charge in [0.15, 0.2) is 29.6 Å². The fourth-order valence-electron chi connectivity index (χ4n) is 3.62. The fourth-order valence-corrected chi connectivity index (χ4v) is 4.19. The van der Waals surface area contributed by atoms with Gasteiger partial charge in [-0.15, -0.1) is 0 Å². The SMILES string of the molecule is CCOc1ccc(NC(=O)COc2c(Br)cc(/C=N\NC(=O)C(=O)NCc3ccc4c(c3)OCO4)cc2OC)cc1. The van der Waals surface area contributed by atoms with Crippen molar-refractivity contribution in [1.29, 1.82) is 0 Å². The van der Waals surface area contributed by atoms with Crippen molar-refractivity contribution in [1.82, 2.24) is 10.7 Å². The van der Waals surface area contributed by atoms with Crippen molar-refractivity contribution in [2.75, 3.05) is 32.4 Å². The molecule has 0 fully saturated rings. The number of hydrazone groups is 1. The third kappa shape index (κ3) is 8.11. The zero-order valence-electron chi connectivity index (χ0n) is 22.2. The first-order valence-corrected chi connectivity index (χ1v) is 13.2. The molecule has 0 aromatic heterocycles. The molecule has 0 saturated carbocycles. The topological polar surface area (TPSA) is 146 Å². The van der Waals surface area contributed by atoms with E-state index in [2.05, 4.69) is 37.1 Å². The van der Waals surface area contributed by atoms with Crippen LogP contribution < -0.4 is 39.7 Å². The molecular weight excluding hydrogens is 600 g/mol. The molecule has 0 atom stereocenters. The normalized spacial score (nSPS) is 11.6. The number of amides is 3. The van der Waals surface area contributed by atoms with E-state index in [4.69, 9.17) is 23.7 Å². The second kappa shape index (κ2) is 14.0. The van der Waals surface area contributed by atoms with Gasteiger partial charge in [0.1, 0.15) is 5.75 Å². The summed E-state index contributed by atoms with van der Waals surface area (Å²) in [4.78, 5) is 36.7. The summed E-state index contributed by atoms with van der Waals surface area (Å²) in [7, 11) is 1.45. The number of methoxy groups -OCH3 is 1. The molecule has 4 rings (SSSR count). The van der Waals surface area contributed by atoms with Crippen LogP contribution in [0.3, 0.4) is 0 Å². The van der Waals surface area contributed by atoms with Crippen LogP contribution in [-0.2, 0) is 20.9 Å². The summed E-state index contributed by atoms with van der Waals surface area (Å²) in [6.07, 6.45) is 1.33. The van der Waals surface area contributed by atoms with Crippen LogP contribution in [0.4, 0.5) is 5.69 Å². The average Bonchev–Trinajstić information content (AvgIpc) is 3.44. The van der Waals surface area contributed by atoms with Gasteiger partial charge in [-0.3, -0.25) is 14.4 Å². The van der Waals surface area contributed by atoms with E-state index in [1.165, 1.54) is 13.3 Å². The zero-order valence-corrected chi connectivity index (χ0v) is 23.8. The molecular formula is C28H27BrN4O8. The summed E-state index contributed by atoms with van der Waals surface area (Å²) in [5.74, 6) is 0.377. The Morgan fingerprint density at radius 3 is 2.54 bits per heavy atom. The Bertz CT molecular complexity index is 1450. The third-order valence-corrected chi connectivity index (χ3v) is 6.11. The molecule has 0 saturated heterocycles. The molecule has 13 heteroatoms. The monoisotopic (exact) mass is 626 g/mol. The number of rotatable bonds is 11. The van der Waals surface area contributed by atoms with Crippen molar-refractivity contribution in [2.45, 2.75) is 13.5 Å². The first-order chi connectivity index (χ1) is 19.9. The number of anilines is 1. The number of carbonyl (C=O) groups excluding carboxylic acids is 3. The van der Waals surface area contributed by atoms with Gasteiger partial charge < -0.3 is 34.3 Å². The van der Waals surface area contributed by atoms with E-state index in [-0.39, 0.29) is 25.9 Å². The van der Waals surface area contributed by atoms with Crippen LogP contribution in [0.2, 0.25) is 0 Å². The Hall–Kier alpha value is -4.78. The lowest BCUT2D eigenvalue weighted by atomic mass is 10.2. The molecule has 3 aromatic carbocycles. The van der Waals surface area contributed by atoms with Crippen LogP contribution >= 0.6 is 15.9 Å². The van der Waals surface area contributed by atoms with Crippen molar-refractivity contribution >= 4 is 45.6 Å². The molecule has 0 bridgehead atoms. The highest BCUT2D eigenvalue weighted by Crippen LogP contribution is 2.36. The lowest BCUT2D eigenvalue weighted by Gasteiger charge is -2.13. The van der Waals surface area contributed by atoms with Gasteiger partial charge in [-0.2, -0.15) is 5.10 Å². The molecule has 1 aliphatic rings. The van der Waals surface area contributed by atoms with Crippen molar-refractivity contribution in [3.63, 3.8) is 0 Å². The number of carbonyl (C=O) groups is 3. The van der Waals surface area contributed by atoms with Crippen LogP contribution in [-0.4, -0.2) is 51.1 Å². The van der Waals surface area contributed by atoms with Crippen molar-refractivity contribution in [3.8, 4) is 28.7 Å². The highest BCUT2D eigenvalue weighted by atomic mass is 79.9. The Morgan fingerprint density at radius 1 is 1.00 bits per heavy atom. The second-order valence-electron chi connectivity index (χ2n) is 8.40. The van der Waals surface area contributed by atoms with E-state index in [1.54, 1.807) is 54.6 Å². The molecule has 0 spiro atoms. The first-order valence-electron chi connectivity index (χ1n) is 12.4. The average molecular weight is 627 g/mol. The van der Waals surface area contributed by atoms with Gasteiger partial charge in [0, 0.05) is 12.2 Å². The number of nitrogens with zero attached hydrogens (tertiary/aromatic N) is 1. The van der Waals surface area contributed by atoms with Gasteiger partial charge in [-0.25, -0.2) is 5.43 Å². The molecule has 41 heavy (non-hydrogen) atoms. The van der Waals surface area contributed by atoms with Crippen molar-refractivity contribution in [2.24, 2.45) is 5.10 Å². The molecule has 3 N–H and O–H groups in total. The van der Waals surface area contributed by atoms with Crippen LogP contribution in [0.5, 0.6) is 28.7 Å². The van der Waals surface area contributed by atoms with Gasteiger partial charge >= 0.3 is 11.8 Å². The van der Waals surface area contributed by atoms with E-state index >= 15 is 0 Å². The fraction of sp³-hybridized carbons (Fsp3) is 0.214. The predicted octanol–water partition coefficient (Wildman–Crippen LogP) is 3.37. The van der Waals surface area contributed by atoms with Gasteiger partial charge in [-0.1, -0.05) is 6.07 Å². The van der Waals surface area contributed by atoms with Crippen LogP contribution in [0.1, 0.15) is 18.1 Å². The minimum atomic E-state index is -0.938. The quantitative estimate of drug-likeness (QED) is 0.167. The van der Waals surface area contributed by atoms with E-state index in [0.29, 0.717) is 51.1 Å². The summed E-state index contributed by atoms with van der Waals surface area (Å²) in [5.41, 5.74) is 4.05. The number of hydrogen-bond donors (Lipinski definition) is 3. The number of ether oxygens (including phenoxy) is 5. The largest absolute Gasteiger partial charge is 0.494 e. The second-order valence-corrected chi connectivity index (χ2v) is 9.25. The maximum absolute atomic E-state index is 12.4. The van der Waals surface area contributed by atoms with E-state index < -0.39 is 11.8 Å². The molecule has 12 nitrogen and oxygen atoms in total. The number of hydrogen-bond acceptors (Lipinski definition) is 9. The third-order valence-electron chi connectivity index (χ3n) is 5.52. The van der Waals surface area contributed by atoms with Gasteiger partial charge in [0.05, 0.1) is 24.4 Å². The number of nitrogens with one attached hydrogen (secondary N) is 3. The first kappa shape index (κ1) is 29.2. The summed E-state index contributed by atoms with van der Waals surface area (Å²) in [6.45, 7) is 2.44.